The van der Waals surface area contributed by atoms with Gasteiger partial charge in [0.25, 0.3) is 0 Å². The summed E-state index contributed by atoms with van der Waals surface area (Å²) in [4.78, 5) is 0. The molecule has 3 heteroatoms. The maximum Gasteiger partial charge on any atom is 0.201 e. The van der Waals surface area contributed by atoms with Crippen molar-refractivity contribution in [3.8, 4) is 28.0 Å². The monoisotopic (exact) mass is 436 g/mol. The Morgan fingerprint density at radius 2 is 1.31 bits per heavy atom. The van der Waals surface area contributed by atoms with Crippen molar-refractivity contribution in [1.82, 2.24) is 0 Å². The van der Waals surface area contributed by atoms with Crippen molar-refractivity contribution in [1.29, 1.82) is 0 Å². The Morgan fingerprint density at radius 3 is 2.03 bits per heavy atom. The van der Waals surface area contributed by atoms with E-state index in [2.05, 4.69) is 38.1 Å². The van der Waals surface area contributed by atoms with Crippen molar-refractivity contribution in [2.24, 2.45) is 0 Å². The summed E-state index contributed by atoms with van der Waals surface area (Å²) in [6.45, 7) is 4.74. The molecular formula is C29H34F2O. The molecule has 0 fully saturated rings. The lowest BCUT2D eigenvalue weighted by Gasteiger charge is -2.14. The molecule has 3 aromatic rings. The molecule has 0 saturated carbocycles. The third-order valence-electron chi connectivity index (χ3n) is 5.85. The lowest BCUT2D eigenvalue weighted by atomic mass is 9.93. The molecule has 0 bridgehead atoms. The first kappa shape index (κ1) is 24.0. The van der Waals surface area contributed by atoms with Crippen LogP contribution in [0.25, 0.3) is 22.3 Å². The van der Waals surface area contributed by atoms with Crippen molar-refractivity contribution in [2.75, 3.05) is 6.61 Å². The standard InChI is InChI=1S/C29H34F2O/c1-3-5-7-11-21-32-27-20-19-26(28(30)29(27)31)25-14-10-9-13-24(25)23-17-15-22(16-18-23)12-8-6-4-2/h9-10,13-20H,3-8,11-12,21H2,1-2H3. The van der Waals surface area contributed by atoms with E-state index in [1.165, 1.54) is 24.8 Å². The van der Waals surface area contributed by atoms with E-state index in [0.29, 0.717) is 12.2 Å². The van der Waals surface area contributed by atoms with Gasteiger partial charge in [-0.1, -0.05) is 94.5 Å². The molecule has 0 aliphatic rings. The number of aryl methyl sites for hydroxylation is 1. The van der Waals surface area contributed by atoms with Gasteiger partial charge in [0.2, 0.25) is 5.82 Å². The predicted molar refractivity (Wildman–Crippen MR) is 130 cm³/mol. The topological polar surface area (TPSA) is 9.23 Å². The van der Waals surface area contributed by atoms with Gasteiger partial charge < -0.3 is 4.74 Å². The first-order chi connectivity index (χ1) is 15.7. The normalized spacial score (nSPS) is 11.0. The molecule has 3 aromatic carbocycles. The molecule has 32 heavy (non-hydrogen) atoms. The van der Waals surface area contributed by atoms with E-state index in [4.69, 9.17) is 4.74 Å². The molecule has 1 nitrogen and oxygen atoms in total. The summed E-state index contributed by atoms with van der Waals surface area (Å²) in [6, 6.07) is 19.2. The van der Waals surface area contributed by atoms with Crippen LogP contribution in [0.2, 0.25) is 0 Å². The van der Waals surface area contributed by atoms with Gasteiger partial charge in [-0.15, -0.1) is 0 Å². The van der Waals surface area contributed by atoms with Crippen LogP contribution in [0.15, 0.2) is 60.7 Å². The van der Waals surface area contributed by atoms with Crippen LogP contribution in [0.3, 0.4) is 0 Å². The zero-order valence-corrected chi connectivity index (χ0v) is 19.3. The van der Waals surface area contributed by atoms with Gasteiger partial charge in [-0.3, -0.25) is 0 Å². The van der Waals surface area contributed by atoms with Gasteiger partial charge in [0.1, 0.15) is 0 Å². The second-order valence-electron chi connectivity index (χ2n) is 8.35. The first-order valence-electron chi connectivity index (χ1n) is 11.9. The molecule has 170 valence electrons. The molecule has 0 aliphatic heterocycles. The number of ether oxygens (including phenoxy) is 1. The van der Waals surface area contributed by atoms with Crippen molar-refractivity contribution < 1.29 is 13.5 Å². The number of rotatable bonds is 12. The van der Waals surface area contributed by atoms with Gasteiger partial charge in [0.15, 0.2) is 11.6 Å². The molecule has 0 atom stereocenters. The van der Waals surface area contributed by atoms with Crippen LogP contribution in [0.5, 0.6) is 5.75 Å². The Labute approximate surface area is 191 Å². The average molecular weight is 437 g/mol. The highest BCUT2D eigenvalue weighted by molar-refractivity contribution is 5.84. The highest BCUT2D eigenvalue weighted by Crippen LogP contribution is 2.36. The third kappa shape index (κ3) is 6.18. The van der Waals surface area contributed by atoms with Crippen LogP contribution >= 0.6 is 0 Å². The second kappa shape index (κ2) is 12.4. The van der Waals surface area contributed by atoms with Crippen LogP contribution in [-0.4, -0.2) is 6.61 Å². The molecule has 0 aromatic heterocycles. The van der Waals surface area contributed by atoms with Gasteiger partial charge in [-0.05, 0) is 53.6 Å². The largest absolute Gasteiger partial charge is 0.490 e. The fourth-order valence-corrected chi connectivity index (χ4v) is 3.96. The fraction of sp³-hybridized carbons (Fsp3) is 0.379. The minimum Gasteiger partial charge on any atom is -0.490 e. The van der Waals surface area contributed by atoms with Crippen molar-refractivity contribution in [3.05, 3.63) is 77.9 Å². The predicted octanol–water partition coefficient (Wildman–Crippen LogP) is 8.99. The van der Waals surface area contributed by atoms with Crippen LogP contribution in [0.1, 0.15) is 64.4 Å². The maximum absolute atomic E-state index is 15.1. The Hall–Kier alpha value is -2.68. The summed E-state index contributed by atoms with van der Waals surface area (Å²) in [5.74, 6) is -1.80. The lowest BCUT2D eigenvalue weighted by Crippen LogP contribution is -2.02. The molecule has 0 aliphatic carbocycles. The molecule has 3 rings (SSSR count). The zero-order valence-electron chi connectivity index (χ0n) is 19.3. The Kier molecular flexibility index (Phi) is 9.27. The van der Waals surface area contributed by atoms with Crippen molar-refractivity contribution in [3.63, 3.8) is 0 Å². The minimum atomic E-state index is -0.918. The van der Waals surface area contributed by atoms with Gasteiger partial charge in [-0.2, -0.15) is 4.39 Å². The van der Waals surface area contributed by atoms with Gasteiger partial charge in [-0.25, -0.2) is 4.39 Å². The Bertz CT molecular complexity index is 979. The number of benzene rings is 3. The smallest absolute Gasteiger partial charge is 0.201 e. The number of hydrogen-bond acceptors (Lipinski definition) is 1. The molecule has 0 heterocycles. The average Bonchev–Trinajstić information content (AvgIpc) is 2.82. The third-order valence-corrected chi connectivity index (χ3v) is 5.85. The van der Waals surface area contributed by atoms with E-state index in [9.17, 15) is 4.39 Å². The molecular weight excluding hydrogens is 402 g/mol. The number of halogens is 2. The number of unbranched alkanes of at least 4 members (excludes halogenated alkanes) is 5. The zero-order chi connectivity index (χ0) is 22.8. The van der Waals surface area contributed by atoms with Crippen molar-refractivity contribution >= 4 is 0 Å². The van der Waals surface area contributed by atoms with Crippen molar-refractivity contribution in [2.45, 2.75) is 65.2 Å². The molecule has 0 amide bonds. The fourth-order valence-electron chi connectivity index (χ4n) is 3.96. The summed E-state index contributed by atoms with van der Waals surface area (Å²) in [5.41, 5.74) is 4.12. The van der Waals surface area contributed by atoms with E-state index in [0.717, 1.165) is 43.2 Å². The summed E-state index contributed by atoms with van der Waals surface area (Å²) < 4.78 is 35.3. The van der Waals surface area contributed by atoms with Crippen LogP contribution in [0, 0.1) is 11.6 Å². The summed E-state index contributed by atoms with van der Waals surface area (Å²) in [6.07, 6.45) is 8.80. The van der Waals surface area contributed by atoms with E-state index in [1.807, 2.05) is 24.3 Å². The quantitative estimate of drug-likeness (QED) is 0.257. The second-order valence-corrected chi connectivity index (χ2v) is 8.35. The minimum absolute atomic E-state index is 0.0170. The SMILES string of the molecule is CCCCCCOc1ccc(-c2ccccc2-c2ccc(CCCCC)cc2)c(F)c1F. The van der Waals surface area contributed by atoms with Gasteiger partial charge in [0.05, 0.1) is 6.61 Å². The van der Waals surface area contributed by atoms with Gasteiger partial charge >= 0.3 is 0 Å². The maximum atomic E-state index is 15.1. The summed E-state index contributed by atoms with van der Waals surface area (Å²) in [5, 5.41) is 0. The Morgan fingerprint density at radius 1 is 0.625 bits per heavy atom. The lowest BCUT2D eigenvalue weighted by molar-refractivity contribution is 0.285. The Balaban J connectivity index is 1.81. The molecule has 0 N–H and O–H groups in total. The number of hydrogen-bond donors (Lipinski definition) is 0. The summed E-state index contributed by atoms with van der Waals surface area (Å²) >= 11 is 0. The molecule has 0 saturated heterocycles. The van der Waals surface area contributed by atoms with Crippen LogP contribution < -0.4 is 4.74 Å². The van der Waals surface area contributed by atoms with E-state index >= 15 is 4.39 Å². The van der Waals surface area contributed by atoms with E-state index in [-0.39, 0.29) is 11.3 Å². The molecule has 0 radical (unpaired) electrons. The van der Waals surface area contributed by atoms with Crippen LogP contribution in [0.4, 0.5) is 8.78 Å². The molecule has 0 spiro atoms. The molecule has 0 unspecified atom stereocenters. The highest BCUT2D eigenvalue weighted by Gasteiger charge is 2.18. The first-order valence-corrected chi connectivity index (χ1v) is 11.9. The highest BCUT2D eigenvalue weighted by atomic mass is 19.2. The van der Waals surface area contributed by atoms with E-state index in [1.54, 1.807) is 12.1 Å². The van der Waals surface area contributed by atoms with E-state index < -0.39 is 11.6 Å². The van der Waals surface area contributed by atoms with Gasteiger partial charge in [0, 0.05) is 5.56 Å². The summed E-state index contributed by atoms with van der Waals surface area (Å²) in [7, 11) is 0. The van der Waals surface area contributed by atoms with Crippen LogP contribution in [-0.2, 0) is 6.42 Å².